The number of alkyl halides is 2. The zero-order chi connectivity index (χ0) is 20.9. The summed E-state index contributed by atoms with van der Waals surface area (Å²) in [6, 6.07) is 3.32. The Morgan fingerprint density at radius 2 is 1.66 bits per heavy atom. The fraction of sp³-hybridized carbons (Fsp3) is 0.316. The molecule has 10 heteroatoms. The molecule has 0 spiro atoms. The number of fused-ring (bicyclic) bond motifs is 1. The largest absolute Gasteiger partial charge is 0.495 e. The van der Waals surface area contributed by atoms with Crippen LogP contribution in [-0.2, 0) is 0 Å². The molecule has 0 aliphatic carbocycles. The monoisotopic (exact) mass is 440 g/mol. The number of nitrogens with zero attached hydrogens (tertiary/aromatic N) is 4. The molecule has 0 unspecified atom stereocenters. The van der Waals surface area contributed by atoms with Gasteiger partial charge in [-0.3, -0.25) is 4.98 Å². The Morgan fingerprint density at radius 1 is 1.03 bits per heavy atom. The van der Waals surface area contributed by atoms with Crippen molar-refractivity contribution in [3.8, 4) is 22.9 Å². The van der Waals surface area contributed by atoms with Gasteiger partial charge in [0, 0.05) is 17.1 Å². The van der Waals surface area contributed by atoms with Crippen molar-refractivity contribution in [2.45, 2.75) is 12.8 Å². The van der Waals surface area contributed by atoms with Gasteiger partial charge in [0.15, 0.2) is 5.82 Å². The average Bonchev–Trinajstić information content (AvgIpc) is 2.66. The summed E-state index contributed by atoms with van der Waals surface area (Å²) in [6.07, 6.45) is 1.57. The van der Waals surface area contributed by atoms with E-state index >= 15 is 0 Å². The average molecular weight is 441 g/mol. The Hall–Kier alpha value is -2.45. The zero-order valence-corrected chi connectivity index (χ0v) is 17.3. The topological polar surface area (TPSA) is 60.4 Å². The number of aromatic nitrogens is 3. The number of methoxy groups -OCH3 is 2. The molecule has 0 saturated carbocycles. The molecule has 0 N–H and O–H groups in total. The van der Waals surface area contributed by atoms with Crippen LogP contribution in [0.4, 0.5) is 14.6 Å². The number of benzene rings is 1. The van der Waals surface area contributed by atoms with Crippen molar-refractivity contribution in [2.75, 3.05) is 32.2 Å². The van der Waals surface area contributed by atoms with Crippen LogP contribution in [0.2, 0.25) is 10.0 Å². The number of anilines is 1. The molecule has 1 aliphatic rings. The molecule has 0 amide bonds. The number of halogens is 4. The maximum atomic E-state index is 13.5. The van der Waals surface area contributed by atoms with Crippen LogP contribution >= 0.6 is 23.2 Å². The number of rotatable bonds is 4. The van der Waals surface area contributed by atoms with Gasteiger partial charge in [-0.15, -0.1) is 0 Å². The third kappa shape index (κ3) is 3.40. The predicted molar refractivity (Wildman–Crippen MR) is 108 cm³/mol. The van der Waals surface area contributed by atoms with E-state index in [1.54, 1.807) is 18.3 Å². The van der Waals surface area contributed by atoms with E-state index in [4.69, 9.17) is 32.7 Å². The van der Waals surface area contributed by atoms with Gasteiger partial charge >= 0.3 is 0 Å². The smallest absolute Gasteiger partial charge is 0.282 e. The maximum Gasteiger partial charge on any atom is 0.282 e. The molecule has 6 nitrogen and oxygen atoms in total. The first-order chi connectivity index (χ1) is 13.7. The summed E-state index contributed by atoms with van der Waals surface area (Å²) in [7, 11) is 2.92. The predicted octanol–water partition coefficient (Wildman–Crippen LogP) is 4.78. The van der Waals surface area contributed by atoms with Gasteiger partial charge in [-0.05, 0) is 13.0 Å². The summed E-state index contributed by atoms with van der Waals surface area (Å²) in [5.41, 5.74) is 1.50. The summed E-state index contributed by atoms with van der Waals surface area (Å²) in [5.74, 6) is -1.57. The number of ether oxygens (including phenoxy) is 2. The van der Waals surface area contributed by atoms with Crippen molar-refractivity contribution in [1.82, 2.24) is 15.0 Å². The molecule has 0 radical (unpaired) electrons. The molecule has 29 heavy (non-hydrogen) atoms. The van der Waals surface area contributed by atoms with Gasteiger partial charge in [-0.2, -0.15) is 0 Å². The molecular formula is C19H16Cl2F2N4O2. The zero-order valence-electron chi connectivity index (χ0n) is 15.8. The SMILES string of the molecule is COc1cc(OC)c(Cl)c(-c2nc(N3CC(F)(F)C3)c3cc(C)ncc3n2)c1Cl. The second kappa shape index (κ2) is 7.11. The van der Waals surface area contributed by atoms with E-state index in [9.17, 15) is 8.78 Å². The van der Waals surface area contributed by atoms with Gasteiger partial charge in [0.2, 0.25) is 0 Å². The van der Waals surface area contributed by atoms with E-state index < -0.39 is 19.0 Å². The lowest BCUT2D eigenvalue weighted by atomic mass is 10.1. The van der Waals surface area contributed by atoms with Crippen LogP contribution in [0, 0.1) is 6.92 Å². The van der Waals surface area contributed by atoms with Gasteiger partial charge in [-0.25, -0.2) is 18.7 Å². The minimum absolute atomic E-state index is 0.167. The third-order valence-corrected chi connectivity index (χ3v) is 5.39. The maximum absolute atomic E-state index is 13.5. The van der Waals surface area contributed by atoms with E-state index in [1.165, 1.54) is 19.1 Å². The van der Waals surface area contributed by atoms with Crippen molar-refractivity contribution >= 4 is 39.9 Å². The molecule has 152 valence electrons. The number of hydrogen-bond donors (Lipinski definition) is 0. The summed E-state index contributed by atoms with van der Waals surface area (Å²) in [6.45, 7) is 0.953. The lowest BCUT2D eigenvalue weighted by Crippen LogP contribution is -2.56. The molecule has 0 atom stereocenters. The molecule has 4 rings (SSSR count). The minimum Gasteiger partial charge on any atom is -0.495 e. The van der Waals surface area contributed by atoms with Crippen molar-refractivity contribution in [3.05, 3.63) is 34.1 Å². The molecule has 3 heterocycles. The molecule has 1 fully saturated rings. The normalized spacial score (nSPS) is 15.3. The van der Waals surface area contributed by atoms with Crippen LogP contribution in [0.3, 0.4) is 0 Å². The highest BCUT2D eigenvalue weighted by Crippen LogP contribution is 2.46. The van der Waals surface area contributed by atoms with Crippen LogP contribution in [0.1, 0.15) is 5.69 Å². The van der Waals surface area contributed by atoms with Crippen LogP contribution in [-0.4, -0.2) is 48.2 Å². The first kappa shape index (κ1) is 19.8. The van der Waals surface area contributed by atoms with E-state index in [2.05, 4.69) is 15.0 Å². The highest BCUT2D eigenvalue weighted by atomic mass is 35.5. The van der Waals surface area contributed by atoms with Crippen LogP contribution in [0.15, 0.2) is 18.3 Å². The Labute approximate surface area is 175 Å². The van der Waals surface area contributed by atoms with Crippen molar-refractivity contribution < 1.29 is 18.3 Å². The van der Waals surface area contributed by atoms with E-state index in [0.717, 1.165) is 5.69 Å². The molecule has 3 aromatic rings. The summed E-state index contributed by atoms with van der Waals surface area (Å²) in [5, 5.41) is 1.01. The Bertz CT molecular complexity index is 1090. The van der Waals surface area contributed by atoms with Crippen molar-refractivity contribution in [3.63, 3.8) is 0 Å². The van der Waals surface area contributed by atoms with E-state index in [1.807, 2.05) is 6.92 Å². The molecule has 1 aromatic carbocycles. The summed E-state index contributed by atoms with van der Waals surface area (Å²) in [4.78, 5) is 14.8. The fourth-order valence-corrected chi connectivity index (χ4v) is 3.89. The van der Waals surface area contributed by atoms with Crippen LogP contribution in [0.25, 0.3) is 22.3 Å². The Kier molecular flexibility index (Phi) is 4.86. The molecule has 1 saturated heterocycles. The fourth-order valence-electron chi connectivity index (χ4n) is 3.22. The number of pyridine rings is 1. The minimum atomic E-state index is -2.76. The Balaban J connectivity index is 1.98. The lowest BCUT2D eigenvalue weighted by molar-refractivity contribution is -0.0265. The lowest BCUT2D eigenvalue weighted by Gasteiger charge is -2.40. The van der Waals surface area contributed by atoms with Gasteiger partial charge in [0.05, 0.1) is 54.6 Å². The van der Waals surface area contributed by atoms with Gasteiger partial charge in [-0.1, -0.05) is 23.2 Å². The van der Waals surface area contributed by atoms with Crippen LogP contribution in [0.5, 0.6) is 11.5 Å². The highest BCUT2D eigenvalue weighted by Gasteiger charge is 2.45. The first-order valence-corrected chi connectivity index (χ1v) is 9.37. The van der Waals surface area contributed by atoms with Crippen LogP contribution < -0.4 is 14.4 Å². The molecule has 1 aliphatic heterocycles. The van der Waals surface area contributed by atoms with E-state index in [0.29, 0.717) is 33.8 Å². The summed E-state index contributed by atoms with van der Waals surface area (Å²) >= 11 is 13.0. The van der Waals surface area contributed by atoms with Gasteiger partial charge < -0.3 is 14.4 Å². The second-order valence-corrected chi connectivity index (χ2v) is 7.47. The molecule has 2 aromatic heterocycles. The van der Waals surface area contributed by atoms with Crippen molar-refractivity contribution in [2.24, 2.45) is 0 Å². The van der Waals surface area contributed by atoms with Crippen molar-refractivity contribution in [1.29, 1.82) is 0 Å². The Morgan fingerprint density at radius 3 is 2.21 bits per heavy atom. The summed E-state index contributed by atoms with van der Waals surface area (Å²) < 4.78 is 37.7. The number of hydrogen-bond acceptors (Lipinski definition) is 6. The second-order valence-electron chi connectivity index (χ2n) is 6.71. The highest BCUT2D eigenvalue weighted by molar-refractivity contribution is 6.41. The first-order valence-electron chi connectivity index (χ1n) is 8.61. The quantitative estimate of drug-likeness (QED) is 0.581. The van der Waals surface area contributed by atoms with E-state index in [-0.39, 0.29) is 15.9 Å². The molecule has 0 bridgehead atoms. The third-order valence-electron chi connectivity index (χ3n) is 4.64. The standard InChI is InChI=1S/C19H16Cl2F2N4O2/c1-9-4-10-11(6-24-9)25-17(26-18(10)27-7-19(22,23)8-27)14-15(20)12(28-2)5-13(29-3)16(14)21/h4-6H,7-8H2,1-3H3. The number of aryl methyl sites for hydroxylation is 1. The van der Waals surface area contributed by atoms with Gasteiger partial charge in [0.25, 0.3) is 5.92 Å². The van der Waals surface area contributed by atoms with Gasteiger partial charge in [0.1, 0.15) is 17.3 Å². The molecular weight excluding hydrogens is 425 g/mol.